The quantitative estimate of drug-likeness (QED) is 0.0111. The Kier molecular flexibility index (Phi) is 24.2. The van der Waals surface area contributed by atoms with Gasteiger partial charge in [-0.05, 0) is 135 Å². The molecule has 27 nitrogen and oxygen atoms in total. The number of anilines is 3. The van der Waals surface area contributed by atoms with E-state index in [1.807, 2.05) is 42.5 Å². The summed E-state index contributed by atoms with van der Waals surface area (Å²) in [6.45, 7) is 11.8. The third-order valence-corrected chi connectivity index (χ3v) is 20.3. The lowest BCUT2D eigenvalue weighted by atomic mass is 9.96. The van der Waals surface area contributed by atoms with Crippen molar-refractivity contribution in [2.45, 2.75) is 56.0 Å². The molecule has 4 fully saturated rings. The monoisotopic (exact) mass is 1420 g/mol. The third-order valence-electron chi connectivity index (χ3n) is 18.7. The number of likely N-dealkylation sites (tertiary alicyclic amines) is 1. The van der Waals surface area contributed by atoms with Crippen LogP contribution in [-0.2, 0) is 49.8 Å². The normalized spacial score (nSPS) is 17.3. The molecule has 29 heteroatoms. The van der Waals surface area contributed by atoms with Crippen molar-refractivity contribution in [3.05, 3.63) is 159 Å². The fourth-order valence-corrected chi connectivity index (χ4v) is 14.2. The number of piperazine rings is 1. The number of halogens is 1. The van der Waals surface area contributed by atoms with E-state index in [2.05, 4.69) is 51.4 Å². The SMILES string of the molecule is O=C1CCC(N2C(=O)c3cccc(NCCOCCOCCOCCOCCN4CCC(COc5cccc(-c6ccc(Cl)cc6)c5CN5CCN(c6ccc(C(=O)NS(=O)(=O)c7ccc(NCC8CCOCC8)c([N+](=O)[O-])c7)c(Oc7cnc8[nH]ccc8c7)c6)CC5)CC4)c3C2=O)C(=O)N1. The highest BCUT2D eigenvalue weighted by molar-refractivity contribution is 7.90. The molecule has 0 saturated carbocycles. The van der Waals surface area contributed by atoms with Crippen LogP contribution in [0.3, 0.4) is 0 Å². The summed E-state index contributed by atoms with van der Waals surface area (Å²) in [7, 11) is -4.62. The molecule has 0 radical (unpaired) electrons. The first-order chi connectivity index (χ1) is 49.1. The summed E-state index contributed by atoms with van der Waals surface area (Å²) < 4.78 is 71.5. The van der Waals surface area contributed by atoms with Crippen LogP contribution in [0.15, 0.2) is 126 Å². The molecule has 5 aliphatic heterocycles. The standard InChI is InChI=1S/C72H82ClN11O16S/c73-52-9-7-50(8-10-52)56-3-2-6-64(99-47-49-18-24-80(25-19-49)30-34-96-36-38-98-40-39-97-37-35-95-33-23-74-61-5-1-4-58-67(61)72(89)83(71(58)88)62-15-16-66(85)78-70(62)87)59(56)46-81-26-28-82(29-27-81)53-11-13-57(65(42-53)100-54-41-51-17-22-75-68(51)77-45-54)69(86)79-101(92,93)55-12-14-60(63(43-55)84(90)91)76-44-48-20-31-94-32-21-48/h1-14,17,22,41-43,45,48-49,62,74,76H,15-16,18-21,23-40,44,46-47H2,(H,75,77)(H,79,86)(H,78,85,87). The van der Waals surface area contributed by atoms with Crippen LogP contribution in [-0.4, -0.2) is 205 Å². The number of rotatable bonds is 33. The molecule has 4 saturated heterocycles. The van der Waals surface area contributed by atoms with E-state index in [0.29, 0.717) is 147 Å². The van der Waals surface area contributed by atoms with Gasteiger partial charge in [0.05, 0.1) is 92.2 Å². The van der Waals surface area contributed by atoms with Gasteiger partial charge in [0.2, 0.25) is 11.8 Å². The summed E-state index contributed by atoms with van der Waals surface area (Å²) >= 11 is 6.38. The van der Waals surface area contributed by atoms with Gasteiger partial charge in [-0.2, -0.15) is 0 Å². The predicted molar refractivity (Wildman–Crippen MR) is 376 cm³/mol. The highest BCUT2D eigenvalue weighted by atomic mass is 35.5. The molecule has 7 aromatic rings. The van der Waals surface area contributed by atoms with E-state index in [4.69, 9.17) is 44.8 Å². The summed E-state index contributed by atoms with van der Waals surface area (Å²) in [5.41, 5.74) is 5.04. The van der Waals surface area contributed by atoms with Crippen molar-refractivity contribution in [2.24, 2.45) is 11.8 Å². The first-order valence-corrected chi connectivity index (χ1v) is 36.0. The van der Waals surface area contributed by atoms with Crippen molar-refractivity contribution in [2.75, 3.05) is 147 Å². The van der Waals surface area contributed by atoms with Gasteiger partial charge >= 0.3 is 0 Å². The second kappa shape index (κ2) is 34.0. The van der Waals surface area contributed by atoms with Gasteiger partial charge in [-0.3, -0.25) is 49.2 Å². The molecular weight excluding hydrogens is 1340 g/mol. The molecule has 1 atom stereocenters. The summed E-state index contributed by atoms with van der Waals surface area (Å²) in [5, 5.41) is 22.1. The average Bonchev–Trinajstić information content (AvgIpc) is 1.64. The Morgan fingerprint density at radius 3 is 2.18 bits per heavy atom. The van der Waals surface area contributed by atoms with Crippen molar-refractivity contribution in [3.8, 4) is 28.4 Å². The number of pyridine rings is 1. The number of amides is 5. The highest BCUT2D eigenvalue weighted by Crippen LogP contribution is 2.38. The van der Waals surface area contributed by atoms with Crippen molar-refractivity contribution < 1.29 is 70.5 Å². The zero-order valence-corrected chi connectivity index (χ0v) is 57.4. The summed E-state index contributed by atoms with van der Waals surface area (Å²) in [4.78, 5) is 91.3. The van der Waals surface area contributed by atoms with Gasteiger partial charge < -0.3 is 58.6 Å². The minimum absolute atomic E-state index is 0.0485. The number of benzene rings is 5. The van der Waals surface area contributed by atoms with E-state index >= 15 is 0 Å². The molecule has 5 aromatic carbocycles. The van der Waals surface area contributed by atoms with Crippen LogP contribution in [0, 0.1) is 22.0 Å². The number of nitrogens with one attached hydrogen (secondary N) is 5. The number of carbonyl (C=O) groups excluding carboxylic acids is 5. The number of ether oxygens (including phenoxy) is 7. The fraction of sp³-hybridized carbons (Fsp3) is 0.417. The third kappa shape index (κ3) is 18.3. The van der Waals surface area contributed by atoms with Crippen LogP contribution in [0.2, 0.25) is 5.02 Å². The lowest BCUT2D eigenvalue weighted by molar-refractivity contribution is -0.384. The maximum atomic E-state index is 14.2. The maximum Gasteiger partial charge on any atom is 0.293 e. The Hall–Kier alpha value is -9.10. The lowest BCUT2D eigenvalue weighted by Crippen LogP contribution is -2.54. The molecule has 5 aliphatic rings. The smallest absolute Gasteiger partial charge is 0.293 e. The molecule has 0 spiro atoms. The molecule has 5 N–H and O–H groups in total. The van der Waals surface area contributed by atoms with E-state index in [1.165, 1.54) is 24.4 Å². The minimum atomic E-state index is -4.62. The van der Waals surface area contributed by atoms with Gasteiger partial charge in [0, 0.05) is 118 Å². The molecule has 0 aliphatic carbocycles. The summed E-state index contributed by atoms with van der Waals surface area (Å²) in [5.74, 6) is -1.38. The Labute approximate surface area is 589 Å². The molecule has 534 valence electrons. The van der Waals surface area contributed by atoms with Crippen molar-refractivity contribution in [3.63, 3.8) is 0 Å². The number of aromatic nitrogens is 2. The number of imide groups is 2. The van der Waals surface area contributed by atoms with Crippen LogP contribution < -0.4 is 35.0 Å². The number of nitro groups is 1. The number of hydrogen-bond donors (Lipinski definition) is 5. The van der Waals surface area contributed by atoms with Gasteiger partial charge in [-0.1, -0.05) is 41.9 Å². The number of sulfonamides is 1. The van der Waals surface area contributed by atoms with E-state index in [1.54, 1.807) is 42.6 Å². The molecule has 1 unspecified atom stereocenters. The van der Waals surface area contributed by atoms with Gasteiger partial charge in [-0.25, -0.2) is 18.1 Å². The predicted octanol–water partition coefficient (Wildman–Crippen LogP) is 8.53. The molecule has 12 rings (SSSR count). The van der Waals surface area contributed by atoms with Crippen LogP contribution in [0.5, 0.6) is 17.2 Å². The zero-order valence-electron chi connectivity index (χ0n) is 55.9. The number of piperidine rings is 2. The molecule has 5 amide bonds. The number of fused-ring (bicyclic) bond motifs is 2. The number of carbonyl (C=O) groups is 5. The van der Waals surface area contributed by atoms with Gasteiger partial charge in [0.15, 0.2) is 0 Å². The van der Waals surface area contributed by atoms with Crippen LogP contribution in [0.1, 0.15) is 75.2 Å². The number of H-pyrrole nitrogens is 1. The number of nitrogens with zero attached hydrogens (tertiary/aromatic N) is 6. The largest absolute Gasteiger partial charge is 0.493 e. The number of aromatic amines is 1. The van der Waals surface area contributed by atoms with E-state index in [9.17, 15) is 42.5 Å². The first-order valence-electron chi connectivity index (χ1n) is 34.1. The maximum absolute atomic E-state index is 14.2. The van der Waals surface area contributed by atoms with Gasteiger partial charge in [0.25, 0.3) is 33.4 Å². The fourth-order valence-electron chi connectivity index (χ4n) is 13.1. The zero-order chi connectivity index (χ0) is 70.2. The first kappa shape index (κ1) is 71.7. The van der Waals surface area contributed by atoms with Crippen molar-refractivity contribution in [1.82, 2.24) is 34.7 Å². The Bertz CT molecular complexity index is 4220. The highest BCUT2D eigenvalue weighted by Gasteiger charge is 2.46. The van der Waals surface area contributed by atoms with Crippen molar-refractivity contribution in [1.29, 1.82) is 0 Å². The second-order valence-corrected chi connectivity index (χ2v) is 27.5. The van der Waals surface area contributed by atoms with Gasteiger partial charge in [-0.15, -0.1) is 0 Å². The molecule has 7 heterocycles. The Morgan fingerprint density at radius 2 is 1.44 bits per heavy atom. The van der Waals surface area contributed by atoms with Gasteiger partial charge in [0.1, 0.15) is 34.6 Å². The summed E-state index contributed by atoms with van der Waals surface area (Å²) in [6, 6.07) is 30.0. The van der Waals surface area contributed by atoms with E-state index in [0.717, 1.165) is 89.8 Å². The Morgan fingerprint density at radius 1 is 0.713 bits per heavy atom. The molecule has 2 aromatic heterocycles. The molecule has 0 bridgehead atoms. The lowest BCUT2D eigenvalue weighted by Gasteiger charge is -2.37. The number of hydrogen-bond acceptors (Lipinski definition) is 22. The molecule has 101 heavy (non-hydrogen) atoms. The van der Waals surface area contributed by atoms with Crippen LogP contribution in [0.4, 0.5) is 22.7 Å². The summed E-state index contributed by atoms with van der Waals surface area (Å²) in [6.07, 6.45) is 6.96. The average molecular weight is 1430 g/mol. The van der Waals surface area contributed by atoms with E-state index in [-0.39, 0.29) is 46.9 Å². The van der Waals surface area contributed by atoms with Crippen LogP contribution in [0.25, 0.3) is 22.2 Å². The minimum Gasteiger partial charge on any atom is -0.493 e. The van der Waals surface area contributed by atoms with Crippen LogP contribution >= 0.6 is 11.6 Å². The second-order valence-electron chi connectivity index (χ2n) is 25.4. The number of nitro benzene ring substituents is 1. The van der Waals surface area contributed by atoms with E-state index < -0.39 is 61.1 Å². The molecular formula is C72H82ClN11O16S. The van der Waals surface area contributed by atoms with Crippen molar-refractivity contribution >= 4 is 84.9 Å². The topological polar surface area (TPSA) is 317 Å². The Balaban J connectivity index is 0.573.